The topological polar surface area (TPSA) is 48.9 Å². The molecule has 0 atom stereocenters. The van der Waals surface area contributed by atoms with Gasteiger partial charge in [-0.1, -0.05) is 31.2 Å². The molecule has 0 aliphatic heterocycles. The van der Waals surface area contributed by atoms with Gasteiger partial charge in [0.15, 0.2) is 5.96 Å². The van der Waals surface area contributed by atoms with Crippen LogP contribution in [-0.4, -0.2) is 51.8 Å². The summed E-state index contributed by atoms with van der Waals surface area (Å²) in [4.78, 5) is 6.48. The van der Waals surface area contributed by atoms with E-state index in [0.29, 0.717) is 6.61 Å². The Bertz CT molecular complexity index is 440. The molecule has 2 N–H and O–H groups in total. The maximum absolute atomic E-state index is 5.01. The van der Waals surface area contributed by atoms with Crippen molar-refractivity contribution in [2.24, 2.45) is 4.99 Å². The van der Waals surface area contributed by atoms with Crippen LogP contribution in [0, 0.1) is 0 Å². The Morgan fingerprint density at radius 1 is 1.27 bits per heavy atom. The van der Waals surface area contributed by atoms with Crippen LogP contribution in [0.25, 0.3) is 0 Å². The predicted octanol–water partition coefficient (Wildman–Crippen LogP) is 2.07. The van der Waals surface area contributed by atoms with Gasteiger partial charge in [-0.2, -0.15) is 0 Å². The van der Waals surface area contributed by atoms with Gasteiger partial charge in [0.2, 0.25) is 0 Å². The number of hydrogen-bond donors (Lipinski definition) is 2. The van der Waals surface area contributed by atoms with Crippen molar-refractivity contribution >= 4 is 29.9 Å². The molecular weight excluding hydrogens is 391 g/mol. The third-order valence-electron chi connectivity index (χ3n) is 3.27. The van der Waals surface area contributed by atoms with Gasteiger partial charge < -0.3 is 20.3 Å². The molecule has 0 aromatic heterocycles. The van der Waals surface area contributed by atoms with Crippen molar-refractivity contribution in [3.05, 3.63) is 35.4 Å². The maximum atomic E-state index is 5.01. The van der Waals surface area contributed by atoms with Gasteiger partial charge in [0.25, 0.3) is 0 Å². The Kier molecular flexibility index (Phi) is 12.2. The molecule has 0 radical (unpaired) electrons. The highest BCUT2D eigenvalue weighted by Gasteiger charge is 2.01. The van der Waals surface area contributed by atoms with Crippen molar-refractivity contribution < 1.29 is 4.74 Å². The number of guanidine groups is 1. The highest BCUT2D eigenvalue weighted by atomic mass is 127. The van der Waals surface area contributed by atoms with Gasteiger partial charge in [0.1, 0.15) is 0 Å². The van der Waals surface area contributed by atoms with Crippen LogP contribution in [0.4, 0.5) is 0 Å². The number of benzene rings is 1. The van der Waals surface area contributed by atoms with Crippen LogP contribution in [0.2, 0.25) is 0 Å². The van der Waals surface area contributed by atoms with Gasteiger partial charge >= 0.3 is 0 Å². The van der Waals surface area contributed by atoms with E-state index in [1.807, 2.05) is 0 Å². The number of nitrogens with zero attached hydrogens (tertiary/aromatic N) is 2. The lowest BCUT2D eigenvalue weighted by atomic mass is 10.1. The van der Waals surface area contributed by atoms with E-state index >= 15 is 0 Å². The number of halogens is 1. The van der Waals surface area contributed by atoms with Gasteiger partial charge in [0, 0.05) is 33.8 Å². The van der Waals surface area contributed by atoms with Gasteiger partial charge in [-0.25, -0.2) is 0 Å². The second kappa shape index (κ2) is 12.7. The molecule has 6 heteroatoms. The predicted molar refractivity (Wildman–Crippen MR) is 104 cm³/mol. The number of hydrogen-bond acceptors (Lipinski definition) is 3. The van der Waals surface area contributed by atoms with Crippen molar-refractivity contribution in [1.29, 1.82) is 0 Å². The molecule has 0 amide bonds. The van der Waals surface area contributed by atoms with E-state index in [1.165, 1.54) is 11.1 Å². The van der Waals surface area contributed by atoms with E-state index in [-0.39, 0.29) is 24.0 Å². The van der Waals surface area contributed by atoms with Crippen LogP contribution in [-0.2, 0) is 17.8 Å². The molecule has 0 saturated carbocycles. The fourth-order valence-electron chi connectivity index (χ4n) is 1.94. The Morgan fingerprint density at radius 2 is 2.00 bits per heavy atom. The monoisotopic (exact) mass is 420 g/mol. The van der Waals surface area contributed by atoms with Gasteiger partial charge in [0.05, 0.1) is 6.61 Å². The molecule has 1 aromatic rings. The lowest BCUT2D eigenvalue weighted by Crippen LogP contribution is -2.38. The van der Waals surface area contributed by atoms with Crippen LogP contribution in [0.5, 0.6) is 0 Å². The van der Waals surface area contributed by atoms with Crippen molar-refractivity contribution in [2.45, 2.75) is 20.0 Å². The highest BCUT2D eigenvalue weighted by Crippen LogP contribution is 2.07. The number of rotatable bonds is 8. The number of nitrogens with one attached hydrogen (secondary N) is 2. The fraction of sp³-hybridized carbons (Fsp3) is 0.562. The van der Waals surface area contributed by atoms with E-state index in [1.54, 1.807) is 14.2 Å². The standard InChI is InChI=1S/C16H28N4O.HI/c1-5-20(3)13-15-8-6-7-14(11-15)12-19-16(17-2)18-9-10-21-4;/h6-8,11H,5,9-10,12-13H2,1-4H3,(H2,17,18,19);1H. The first-order chi connectivity index (χ1) is 10.2. The van der Waals surface area contributed by atoms with E-state index in [4.69, 9.17) is 4.74 Å². The first-order valence-corrected chi connectivity index (χ1v) is 7.39. The zero-order valence-corrected chi connectivity index (χ0v) is 16.4. The third kappa shape index (κ3) is 8.55. The highest BCUT2D eigenvalue weighted by molar-refractivity contribution is 14.0. The zero-order valence-electron chi connectivity index (χ0n) is 14.1. The largest absolute Gasteiger partial charge is 0.383 e. The zero-order chi connectivity index (χ0) is 15.5. The summed E-state index contributed by atoms with van der Waals surface area (Å²) in [7, 11) is 5.60. The number of aliphatic imine (C=N–C) groups is 1. The lowest BCUT2D eigenvalue weighted by molar-refractivity contribution is 0.203. The molecule has 0 unspecified atom stereocenters. The fourth-order valence-corrected chi connectivity index (χ4v) is 1.94. The smallest absolute Gasteiger partial charge is 0.191 e. The molecule has 0 spiro atoms. The SMILES string of the molecule is CCN(C)Cc1cccc(CNC(=NC)NCCOC)c1.I. The van der Waals surface area contributed by atoms with Crippen LogP contribution >= 0.6 is 24.0 Å². The molecular formula is C16H29IN4O. The molecule has 22 heavy (non-hydrogen) atoms. The quantitative estimate of drug-likeness (QED) is 0.293. The Hall–Kier alpha value is -0.860. The minimum absolute atomic E-state index is 0. The van der Waals surface area contributed by atoms with Crippen LogP contribution in [0.15, 0.2) is 29.3 Å². The summed E-state index contributed by atoms with van der Waals surface area (Å²) in [6.07, 6.45) is 0. The van der Waals surface area contributed by atoms with Crippen LogP contribution in [0.1, 0.15) is 18.1 Å². The minimum Gasteiger partial charge on any atom is -0.383 e. The summed E-state index contributed by atoms with van der Waals surface area (Å²) in [5.41, 5.74) is 2.59. The summed E-state index contributed by atoms with van der Waals surface area (Å²) in [6.45, 7) is 6.37. The van der Waals surface area contributed by atoms with Crippen LogP contribution < -0.4 is 10.6 Å². The normalized spacial score (nSPS) is 11.2. The summed E-state index contributed by atoms with van der Waals surface area (Å²) < 4.78 is 5.01. The van der Waals surface area contributed by atoms with E-state index in [2.05, 4.69) is 58.8 Å². The van der Waals surface area contributed by atoms with Crippen molar-refractivity contribution in [2.75, 3.05) is 40.9 Å². The van der Waals surface area contributed by atoms with Crippen LogP contribution in [0.3, 0.4) is 0 Å². The third-order valence-corrected chi connectivity index (χ3v) is 3.27. The molecule has 1 rings (SSSR count). The minimum atomic E-state index is 0. The van der Waals surface area contributed by atoms with E-state index in [9.17, 15) is 0 Å². The average molecular weight is 420 g/mol. The molecule has 0 bridgehead atoms. The van der Waals surface area contributed by atoms with Gasteiger partial charge in [-0.15, -0.1) is 24.0 Å². The molecule has 0 heterocycles. The molecule has 0 fully saturated rings. The molecule has 0 aliphatic carbocycles. The van der Waals surface area contributed by atoms with Gasteiger partial charge in [-0.05, 0) is 24.7 Å². The van der Waals surface area contributed by atoms with Crippen molar-refractivity contribution in [3.63, 3.8) is 0 Å². The van der Waals surface area contributed by atoms with Crippen molar-refractivity contribution in [3.8, 4) is 0 Å². The summed E-state index contributed by atoms with van der Waals surface area (Å²) in [5.74, 6) is 0.795. The maximum Gasteiger partial charge on any atom is 0.191 e. The molecule has 126 valence electrons. The number of ether oxygens (including phenoxy) is 1. The number of methoxy groups -OCH3 is 1. The summed E-state index contributed by atoms with van der Waals surface area (Å²) >= 11 is 0. The molecule has 0 saturated heterocycles. The lowest BCUT2D eigenvalue weighted by Gasteiger charge is -2.15. The molecule has 1 aromatic carbocycles. The summed E-state index contributed by atoms with van der Waals surface area (Å²) in [5, 5.41) is 6.51. The Labute approximate surface area is 151 Å². The summed E-state index contributed by atoms with van der Waals surface area (Å²) in [6, 6.07) is 8.64. The first-order valence-electron chi connectivity index (χ1n) is 7.39. The van der Waals surface area contributed by atoms with Gasteiger partial charge in [-0.3, -0.25) is 4.99 Å². The Morgan fingerprint density at radius 3 is 2.64 bits per heavy atom. The van der Waals surface area contributed by atoms with Crippen molar-refractivity contribution in [1.82, 2.24) is 15.5 Å². The van der Waals surface area contributed by atoms with E-state index in [0.717, 1.165) is 32.1 Å². The second-order valence-corrected chi connectivity index (χ2v) is 5.00. The average Bonchev–Trinajstić information content (AvgIpc) is 2.51. The molecule has 0 aliphatic rings. The molecule has 5 nitrogen and oxygen atoms in total. The Balaban J connectivity index is 0.00000441. The second-order valence-electron chi connectivity index (χ2n) is 5.00. The van der Waals surface area contributed by atoms with E-state index < -0.39 is 0 Å². The first kappa shape index (κ1) is 21.1.